The lowest BCUT2D eigenvalue weighted by molar-refractivity contribution is 0.417. The minimum absolute atomic E-state index is 0.125. The van der Waals surface area contributed by atoms with E-state index in [2.05, 4.69) is 20.6 Å². The standard InChI is InChI=1S/C20H22ClN4O4PS/c1-29-17-11-13(30(2,3)26)9-10-15(17)24-20-22-12-14(21)19(25-20)23-16-7-5-6-8-18(16)31(4,27)28/h5-12H,1-4H3,(H2,22,23,24,25). The number of para-hydroxylation sites is 1. The predicted octanol–water partition coefficient (Wildman–Crippen LogP) is 4.28. The zero-order valence-electron chi connectivity index (χ0n) is 17.4. The van der Waals surface area contributed by atoms with Crippen LogP contribution in [-0.4, -0.2) is 45.1 Å². The molecule has 0 bridgehead atoms. The summed E-state index contributed by atoms with van der Waals surface area (Å²) < 4.78 is 41.9. The zero-order chi connectivity index (χ0) is 22.8. The second-order valence-electron chi connectivity index (χ2n) is 7.14. The fraction of sp³-hybridized carbons (Fsp3) is 0.200. The van der Waals surface area contributed by atoms with Gasteiger partial charge in [0.2, 0.25) is 5.95 Å². The molecule has 2 aromatic carbocycles. The zero-order valence-corrected chi connectivity index (χ0v) is 19.8. The third kappa shape index (κ3) is 5.55. The number of nitrogens with one attached hydrogen (secondary N) is 2. The van der Waals surface area contributed by atoms with Crippen LogP contribution in [0.15, 0.2) is 53.6 Å². The first kappa shape index (κ1) is 23.1. The van der Waals surface area contributed by atoms with Crippen molar-refractivity contribution in [1.82, 2.24) is 9.97 Å². The molecule has 0 saturated carbocycles. The molecule has 3 rings (SSSR count). The number of sulfone groups is 1. The van der Waals surface area contributed by atoms with Gasteiger partial charge in [0, 0.05) is 11.6 Å². The predicted molar refractivity (Wildman–Crippen MR) is 125 cm³/mol. The number of nitrogens with zero attached hydrogens (tertiary/aromatic N) is 2. The number of hydrogen-bond acceptors (Lipinski definition) is 8. The number of rotatable bonds is 7. The minimum Gasteiger partial charge on any atom is -0.495 e. The Morgan fingerprint density at radius 1 is 1.06 bits per heavy atom. The largest absolute Gasteiger partial charge is 0.495 e. The Bertz CT molecular complexity index is 1280. The van der Waals surface area contributed by atoms with Crippen molar-refractivity contribution in [1.29, 1.82) is 0 Å². The second-order valence-corrected chi connectivity index (χ2v) is 12.8. The molecule has 0 unspecified atom stereocenters. The summed E-state index contributed by atoms with van der Waals surface area (Å²) in [6.07, 6.45) is 2.53. The summed E-state index contributed by atoms with van der Waals surface area (Å²) in [4.78, 5) is 8.66. The maximum Gasteiger partial charge on any atom is 0.229 e. The molecule has 2 N–H and O–H groups in total. The number of methoxy groups -OCH3 is 1. The van der Waals surface area contributed by atoms with Gasteiger partial charge in [-0.2, -0.15) is 4.98 Å². The molecule has 0 amide bonds. The molecule has 0 spiro atoms. The molecule has 0 radical (unpaired) electrons. The molecule has 0 aliphatic carbocycles. The summed E-state index contributed by atoms with van der Waals surface area (Å²) in [5.41, 5.74) is 0.921. The van der Waals surface area contributed by atoms with E-state index in [1.54, 1.807) is 49.7 Å². The lowest BCUT2D eigenvalue weighted by Crippen LogP contribution is -2.07. The van der Waals surface area contributed by atoms with E-state index in [0.29, 0.717) is 22.4 Å². The van der Waals surface area contributed by atoms with Gasteiger partial charge in [0.25, 0.3) is 0 Å². The van der Waals surface area contributed by atoms with Crippen molar-refractivity contribution in [3.05, 3.63) is 53.7 Å². The van der Waals surface area contributed by atoms with Crippen LogP contribution >= 0.6 is 18.7 Å². The molecule has 164 valence electrons. The van der Waals surface area contributed by atoms with Crippen LogP contribution in [-0.2, 0) is 14.4 Å². The summed E-state index contributed by atoms with van der Waals surface area (Å²) in [5, 5.41) is 6.91. The normalized spacial score (nSPS) is 11.8. The Balaban J connectivity index is 1.94. The maximum atomic E-state index is 12.3. The Hall–Kier alpha value is -2.61. The van der Waals surface area contributed by atoms with Crippen LogP contribution in [0.2, 0.25) is 5.02 Å². The summed E-state index contributed by atoms with van der Waals surface area (Å²) in [6, 6.07) is 11.7. The lowest BCUT2D eigenvalue weighted by Gasteiger charge is -2.15. The van der Waals surface area contributed by atoms with Crippen LogP contribution in [0.1, 0.15) is 0 Å². The number of ether oxygens (including phenoxy) is 1. The van der Waals surface area contributed by atoms with Gasteiger partial charge in [-0.05, 0) is 43.7 Å². The highest BCUT2D eigenvalue weighted by atomic mass is 35.5. The topological polar surface area (TPSA) is 110 Å². The van der Waals surface area contributed by atoms with Crippen molar-refractivity contribution in [3.8, 4) is 5.75 Å². The molecule has 0 atom stereocenters. The van der Waals surface area contributed by atoms with Crippen LogP contribution in [0.5, 0.6) is 5.75 Å². The van der Waals surface area contributed by atoms with Crippen LogP contribution in [0.4, 0.5) is 23.1 Å². The molecular formula is C20H22ClN4O4PS. The third-order valence-corrected chi connectivity index (χ3v) is 7.29. The molecule has 0 aliphatic heterocycles. The van der Waals surface area contributed by atoms with Crippen LogP contribution < -0.4 is 20.7 Å². The average Bonchev–Trinajstić information content (AvgIpc) is 2.69. The van der Waals surface area contributed by atoms with Gasteiger partial charge in [-0.1, -0.05) is 23.7 Å². The fourth-order valence-corrected chi connectivity index (χ4v) is 4.62. The van der Waals surface area contributed by atoms with Gasteiger partial charge < -0.3 is 19.9 Å². The Kier molecular flexibility index (Phi) is 6.59. The SMILES string of the molecule is COc1cc(P(C)(C)=O)ccc1Nc1ncc(Cl)c(Nc2ccccc2S(C)(=O)=O)n1. The molecule has 0 saturated heterocycles. The van der Waals surface area contributed by atoms with Crippen LogP contribution in [0.3, 0.4) is 0 Å². The van der Waals surface area contributed by atoms with Crippen molar-refractivity contribution in [2.75, 3.05) is 37.3 Å². The highest BCUT2D eigenvalue weighted by Crippen LogP contribution is 2.38. The maximum absolute atomic E-state index is 12.3. The number of halogens is 1. The quantitative estimate of drug-likeness (QED) is 0.482. The van der Waals surface area contributed by atoms with Gasteiger partial charge in [0.1, 0.15) is 17.9 Å². The summed E-state index contributed by atoms with van der Waals surface area (Å²) in [7, 11) is -4.39. The van der Waals surface area contributed by atoms with Crippen LogP contribution in [0.25, 0.3) is 0 Å². The van der Waals surface area contributed by atoms with E-state index in [-0.39, 0.29) is 21.7 Å². The first-order chi connectivity index (χ1) is 14.5. The van der Waals surface area contributed by atoms with E-state index in [9.17, 15) is 13.0 Å². The molecular weight excluding hydrogens is 459 g/mol. The van der Waals surface area contributed by atoms with E-state index in [1.807, 2.05) is 0 Å². The van der Waals surface area contributed by atoms with E-state index in [1.165, 1.54) is 19.4 Å². The van der Waals surface area contributed by atoms with Gasteiger partial charge in [-0.25, -0.2) is 13.4 Å². The van der Waals surface area contributed by atoms with Crippen molar-refractivity contribution < 1.29 is 17.7 Å². The molecule has 0 fully saturated rings. The second kappa shape index (κ2) is 8.86. The number of aromatic nitrogens is 2. The van der Waals surface area contributed by atoms with E-state index in [4.69, 9.17) is 16.3 Å². The van der Waals surface area contributed by atoms with E-state index >= 15 is 0 Å². The first-order valence-corrected chi connectivity index (χ1v) is 14.0. The number of anilines is 4. The van der Waals surface area contributed by atoms with Gasteiger partial charge in [-0.3, -0.25) is 0 Å². The molecule has 31 heavy (non-hydrogen) atoms. The summed E-state index contributed by atoms with van der Waals surface area (Å²) >= 11 is 6.22. The average molecular weight is 481 g/mol. The number of hydrogen-bond donors (Lipinski definition) is 2. The van der Waals surface area contributed by atoms with Gasteiger partial charge in [0.05, 0.1) is 29.6 Å². The molecule has 1 heterocycles. The van der Waals surface area contributed by atoms with E-state index in [0.717, 1.165) is 6.26 Å². The molecule has 8 nitrogen and oxygen atoms in total. The Labute approximate surface area is 186 Å². The lowest BCUT2D eigenvalue weighted by atomic mass is 10.3. The van der Waals surface area contributed by atoms with Crippen molar-refractivity contribution in [2.24, 2.45) is 0 Å². The van der Waals surface area contributed by atoms with Gasteiger partial charge in [-0.15, -0.1) is 0 Å². The smallest absolute Gasteiger partial charge is 0.229 e. The third-order valence-electron chi connectivity index (χ3n) is 4.34. The molecule has 11 heteroatoms. The van der Waals surface area contributed by atoms with Gasteiger partial charge >= 0.3 is 0 Å². The monoisotopic (exact) mass is 480 g/mol. The minimum atomic E-state index is -3.45. The van der Waals surface area contributed by atoms with Gasteiger partial charge in [0.15, 0.2) is 15.7 Å². The number of benzene rings is 2. The molecule has 3 aromatic rings. The first-order valence-electron chi connectivity index (χ1n) is 9.08. The van der Waals surface area contributed by atoms with Crippen LogP contribution in [0, 0.1) is 0 Å². The highest BCUT2D eigenvalue weighted by Gasteiger charge is 2.17. The highest BCUT2D eigenvalue weighted by molar-refractivity contribution is 7.90. The van der Waals surface area contributed by atoms with E-state index < -0.39 is 17.0 Å². The summed E-state index contributed by atoms with van der Waals surface area (Å²) in [6.45, 7) is 3.37. The van der Waals surface area contributed by atoms with Crippen molar-refractivity contribution in [3.63, 3.8) is 0 Å². The summed E-state index contributed by atoms with van der Waals surface area (Å²) in [5.74, 6) is 0.931. The Morgan fingerprint density at radius 2 is 1.77 bits per heavy atom. The van der Waals surface area contributed by atoms with Crippen molar-refractivity contribution in [2.45, 2.75) is 4.90 Å². The molecule has 1 aromatic heterocycles. The van der Waals surface area contributed by atoms with Crippen molar-refractivity contribution >= 4 is 57.0 Å². The fourth-order valence-electron chi connectivity index (χ4n) is 2.77. The Morgan fingerprint density at radius 3 is 2.42 bits per heavy atom. The molecule has 0 aliphatic rings.